The second-order valence-corrected chi connectivity index (χ2v) is 13.9. The monoisotopic (exact) mass is 604 g/mol. The molecule has 9 rings (SSSR count). The summed E-state index contributed by atoms with van der Waals surface area (Å²) in [7, 11) is 0. The minimum Gasteiger partial charge on any atom is -0.508 e. The van der Waals surface area contributed by atoms with Gasteiger partial charge in [-0.05, 0) is 81.0 Å². The Bertz CT molecular complexity index is 1880. The van der Waals surface area contributed by atoms with E-state index in [1.54, 1.807) is 12.3 Å². The number of pyridine rings is 1. The predicted molar refractivity (Wildman–Crippen MR) is 172 cm³/mol. The van der Waals surface area contributed by atoms with Crippen molar-refractivity contribution in [3.8, 4) is 35.4 Å². The first-order valence-electron chi connectivity index (χ1n) is 16.5. The lowest BCUT2D eigenvalue weighted by atomic mass is 9.90. The Morgan fingerprint density at radius 1 is 1.11 bits per heavy atom. The first kappa shape index (κ1) is 27.3. The second kappa shape index (κ2) is 10.3. The maximum absolute atomic E-state index is 16.9. The molecule has 0 radical (unpaired) electrons. The number of benzene rings is 2. The molecule has 8 nitrogen and oxygen atoms in total. The van der Waals surface area contributed by atoms with Crippen molar-refractivity contribution >= 4 is 27.5 Å². The molecule has 5 aliphatic rings. The lowest BCUT2D eigenvalue weighted by molar-refractivity contribution is 0.0832. The summed E-state index contributed by atoms with van der Waals surface area (Å²) >= 11 is 0. The van der Waals surface area contributed by atoms with E-state index in [2.05, 4.69) is 26.0 Å². The Labute approximate surface area is 262 Å². The van der Waals surface area contributed by atoms with Crippen molar-refractivity contribution in [3.05, 3.63) is 47.9 Å². The molecule has 4 aliphatic heterocycles. The highest BCUT2D eigenvalue weighted by atomic mass is 19.1. The van der Waals surface area contributed by atoms with Crippen molar-refractivity contribution < 1.29 is 14.2 Å². The molecule has 2 aromatic heterocycles. The third kappa shape index (κ3) is 4.29. The molecule has 5 fully saturated rings. The normalized spacial score (nSPS) is 28.9. The number of nitrogens with one attached hydrogen (secondary N) is 1. The average molecular weight is 605 g/mol. The van der Waals surface area contributed by atoms with Gasteiger partial charge in [0.1, 0.15) is 29.4 Å². The SMILES string of the molecule is C#Cc1cccc2cc(O)cc(-c3ncc4c(N5CC6CCC(C5)N6)nc(OC[C@]56CCCN5[C@H]5CCC[C@H]5C6)nc4c3F)c12. The molecule has 0 spiro atoms. The Hall–Kier alpha value is -4.00. The van der Waals surface area contributed by atoms with Crippen molar-refractivity contribution in [3.63, 3.8) is 0 Å². The number of hydrogen-bond donors (Lipinski definition) is 2. The molecule has 2 aromatic carbocycles. The zero-order valence-electron chi connectivity index (χ0n) is 25.3. The minimum absolute atomic E-state index is 0.0104. The number of phenols is 1. The number of terminal acetylenes is 1. The number of anilines is 1. The van der Waals surface area contributed by atoms with Crippen LogP contribution in [-0.4, -0.2) is 74.9 Å². The lowest BCUT2D eigenvalue weighted by Gasteiger charge is -2.35. The summed E-state index contributed by atoms with van der Waals surface area (Å²) in [4.78, 5) is 19.3. The molecule has 45 heavy (non-hydrogen) atoms. The van der Waals surface area contributed by atoms with Crippen molar-refractivity contribution in [2.45, 2.75) is 75.0 Å². The highest BCUT2D eigenvalue weighted by molar-refractivity contribution is 6.02. The maximum atomic E-state index is 16.9. The van der Waals surface area contributed by atoms with Gasteiger partial charge in [0.05, 0.1) is 10.9 Å². The Morgan fingerprint density at radius 2 is 1.98 bits per heavy atom. The highest BCUT2D eigenvalue weighted by Crippen LogP contribution is 2.51. The van der Waals surface area contributed by atoms with E-state index < -0.39 is 5.82 Å². The summed E-state index contributed by atoms with van der Waals surface area (Å²) in [5.41, 5.74) is 1.31. The molecule has 1 aliphatic carbocycles. The zero-order chi connectivity index (χ0) is 30.3. The van der Waals surface area contributed by atoms with E-state index >= 15 is 4.39 Å². The van der Waals surface area contributed by atoms with Crippen LogP contribution >= 0.6 is 0 Å². The number of aromatic hydroxyl groups is 1. The largest absolute Gasteiger partial charge is 0.508 e. The molecule has 6 heterocycles. The van der Waals surface area contributed by atoms with Gasteiger partial charge < -0.3 is 20.1 Å². The predicted octanol–water partition coefficient (Wildman–Crippen LogP) is 5.40. The van der Waals surface area contributed by atoms with Gasteiger partial charge in [-0.2, -0.15) is 9.97 Å². The smallest absolute Gasteiger partial charge is 0.319 e. The minimum atomic E-state index is -0.575. The third-order valence-electron chi connectivity index (χ3n) is 11.3. The first-order valence-corrected chi connectivity index (χ1v) is 16.5. The fraction of sp³-hybridized carbons (Fsp3) is 0.472. The van der Waals surface area contributed by atoms with E-state index in [0.717, 1.165) is 51.2 Å². The maximum Gasteiger partial charge on any atom is 0.319 e. The number of fused-ring (bicyclic) bond motifs is 7. The van der Waals surface area contributed by atoms with Gasteiger partial charge in [-0.1, -0.05) is 24.5 Å². The van der Waals surface area contributed by atoms with Gasteiger partial charge in [-0.3, -0.25) is 9.88 Å². The van der Waals surface area contributed by atoms with Crippen LogP contribution in [0.25, 0.3) is 32.9 Å². The summed E-state index contributed by atoms with van der Waals surface area (Å²) in [6.45, 7) is 3.21. The molecule has 5 atom stereocenters. The number of phenolic OH excluding ortho intramolecular Hbond substituents is 1. The average Bonchev–Trinajstić information content (AvgIpc) is 3.81. The van der Waals surface area contributed by atoms with Crippen LogP contribution < -0.4 is 15.0 Å². The van der Waals surface area contributed by atoms with Gasteiger partial charge in [-0.15, -0.1) is 6.42 Å². The first-order chi connectivity index (χ1) is 22.0. The van der Waals surface area contributed by atoms with Gasteiger partial charge in [-0.25, -0.2) is 4.39 Å². The molecule has 4 aromatic rings. The molecule has 0 amide bonds. The van der Waals surface area contributed by atoms with E-state index in [1.807, 2.05) is 18.2 Å². The molecular weight excluding hydrogens is 567 g/mol. The Kier molecular flexibility index (Phi) is 6.23. The topological polar surface area (TPSA) is 86.6 Å². The molecular formula is C36H37FN6O2. The molecule has 230 valence electrons. The van der Waals surface area contributed by atoms with Gasteiger partial charge in [0.2, 0.25) is 0 Å². The van der Waals surface area contributed by atoms with Crippen LogP contribution in [-0.2, 0) is 0 Å². The van der Waals surface area contributed by atoms with Crippen LogP contribution in [0.2, 0.25) is 0 Å². The van der Waals surface area contributed by atoms with Gasteiger partial charge in [0, 0.05) is 53.9 Å². The van der Waals surface area contributed by atoms with E-state index in [-0.39, 0.29) is 28.5 Å². The molecule has 2 unspecified atom stereocenters. The summed E-state index contributed by atoms with van der Waals surface area (Å²) in [5.74, 6) is 3.56. The summed E-state index contributed by atoms with van der Waals surface area (Å²) in [6, 6.07) is 10.3. The molecule has 2 N–H and O–H groups in total. The lowest BCUT2D eigenvalue weighted by Crippen LogP contribution is -2.51. The number of ether oxygens (including phenoxy) is 1. The highest BCUT2D eigenvalue weighted by Gasteiger charge is 2.55. The summed E-state index contributed by atoms with van der Waals surface area (Å²) in [6.07, 6.45) is 17.1. The Balaban J connectivity index is 1.16. The van der Waals surface area contributed by atoms with E-state index in [1.165, 1.54) is 31.7 Å². The number of halogens is 1. The van der Waals surface area contributed by atoms with Gasteiger partial charge >= 0.3 is 6.01 Å². The van der Waals surface area contributed by atoms with Crippen molar-refractivity contribution in [2.24, 2.45) is 5.92 Å². The van der Waals surface area contributed by atoms with Crippen LogP contribution in [0.4, 0.5) is 10.2 Å². The van der Waals surface area contributed by atoms with E-state index in [0.29, 0.717) is 57.8 Å². The molecule has 2 bridgehead atoms. The van der Waals surface area contributed by atoms with Crippen LogP contribution in [0.1, 0.15) is 56.9 Å². The fourth-order valence-electron chi connectivity index (χ4n) is 9.47. The number of aromatic nitrogens is 3. The second-order valence-electron chi connectivity index (χ2n) is 13.9. The van der Waals surface area contributed by atoms with Crippen LogP contribution in [0.3, 0.4) is 0 Å². The summed E-state index contributed by atoms with van der Waals surface area (Å²) < 4.78 is 23.4. The third-order valence-corrected chi connectivity index (χ3v) is 11.3. The quantitative estimate of drug-likeness (QED) is 0.293. The van der Waals surface area contributed by atoms with E-state index in [9.17, 15) is 5.11 Å². The van der Waals surface area contributed by atoms with E-state index in [4.69, 9.17) is 21.1 Å². The zero-order valence-corrected chi connectivity index (χ0v) is 25.3. The van der Waals surface area contributed by atoms with Gasteiger partial charge in [0.15, 0.2) is 5.82 Å². The molecule has 4 saturated heterocycles. The van der Waals surface area contributed by atoms with Crippen LogP contribution in [0, 0.1) is 24.1 Å². The van der Waals surface area contributed by atoms with Crippen LogP contribution in [0.15, 0.2) is 36.5 Å². The van der Waals surface area contributed by atoms with Crippen molar-refractivity contribution in [2.75, 3.05) is 31.1 Å². The van der Waals surface area contributed by atoms with Crippen molar-refractivity contribution in [1.29, 1.82) is 0 Å². The standard InChI is InChI=1S/C36H37FN6O2/c1-2-21-6-3-7-22-14-26(44)15-27(30(21)22)32-31(37)33-28(17-38-32)34(42-18-24-10-11-25(19-42)39-24)41-35(40-33)45-20-36-12-5-13-43(36)29-9-4-8-23(29)16-36/h1,3,6-7,14-15,17,23-25,29,39,44H,4-5,8-13,16,18-20H2/t23-,24?,25?,29-,36+/m0/s1. The molecule has 9 heteroatoms. The number of rotatable bonds is 5. The fourth-order valence-corrected chi connectivity index (χ4v) is 9.47. The Morgan fingerprint density at radius 3 is 2.82 bits per heavy atom. The number of piperazine rings is 1. The van der Waals surface area contributed by atoms with Gasteiger partial charge in [0.25, 0.3) is 0 Å². The van der Waals surface area contributed by atoms with Crippen molar-refractivity contribution in [1.82, 2.24) is 25.2 Å². The number of nitrogens with zero attached hydrogens (tertiary/aromatic N) is 5. The number of hydrogen-bond acceptors (Lipinski definition) is 8. The van der Waals surface area contributed by atoms with Crippen LogP contribution in [0.5, 0.6) is 11.8 Å². The summed E-state index contributed by atoms with van der Waals surface area (Å²) in [5, 5.41) is 16.2. The molecule has 1 saturated carbocycles.